The molecule has 2 aromatic carbocycles. The molecule has 6 heteroatoms. The molecule has 1 N–H and O–H groups in total. The fourth-order valence-electron chi connectivity index (χ4n) is 1.68. The highest BCUT2D eigenvalue weighted by Gasteiger charge is 2.09. The maximum absolute atomic E-state index is 6.14. The van der Waals surface area contributed by atoms with Crippen molar-refractivity contribution in [1.82, 2.24) is 4.98 Å². The average Bonchev–Trinajstić information content (AvgIpc) is 2.79. The number of hydrogen-bond acceptors (Lipinski definition) is 3. The van der Waals surface area contributed by atoms with Crippen LogP contribution in [0.4, 0.5) is 10.8 Å². The maximum Gasteiger partial charge on any atom is 0.188 e. The second-order valence-electron chi connectivity index (χ2n) is 3.83. The van der Waals surface area contributed by atoms with E-state index in [1.54, 1.807) is 0 Å². The molecule has 0 aliphatic rings. The SMILES string of the molecule is Clc1cccc(Nc2nc3cccc(Cl)c3s2)c1Br. The van der Waals surface area contributed by atoms with Crippen molar-refractivity contribution in [3.63, 3.8) is 0 Å². The molecular weight excluding hydrogens is 367 g/mol. The highest BCUT2D eigenvalue weighted by atomic mass is 79.9. The van der Waals surface area contributed by atoms with Crippen LogP contribution in [0.1, 0.15) is 0 Å². The van der Waals surface area contributed by atoms with Gasteiger partial charge in [0.2, 0.25) is 0 Å². The molecular formula is C13H7BrCl2N2S. The van der Waals surface area contributed by atoms with Crippen LogP contribution in [0.15, 0.2) is 40.9 Å². The summed E-state index contributed by atoms with van der Waals surface area (Å²) >= 11 is 17.2. The smallest absolute Gasteiger partial charge is 0.188 e. The minimum absolute atomic E-state index is 0.657. The number of hydrogen-bond donors (Lipinski definition) is 1. The van der Waals surface area contributed by atoms with Crippen LogP contribution in [0.5, 0.6) is 0 Å². The lowest BCUT2D eigenvalue weighted by Gasteiger charge is -2.05. The van der Waals surface area contributed by atoms with Crippen molar-refractivity contribution in [1.29, 1.82) is 0 Å². The Kier molecular flexibility index (Phi) is 3.67. The number of fused-ring (bicyclic) bond motifs is 1. The van der Waals surface area contributed by atoms with E-state index in [0.29, 0.717) is 10.0 Å². The Balaban J connectivity index is 2.02. The normalized spacial score (nSPS) is 10.9. The van der Waals surface area contributed by atoms with Gasteiger partial charge < -0.3 is 5.32 Å². The van der Waals surface area contributed by atoms with E-state index in [-0.39, 0.29) is 0 Å². The van der Waals surface area contributed by atoms with Crippen LogP contribution in [0, 0.1) is 0 Å². The van der Waals surface area contributed by atoms with Gasteiger partial charge in [0.05, 0.1) is 30.4 Å². The van der Waals surface area contributed by atoms with Gasteiger partial charge in [0, 0.05) is 0 Å². The van der Waals surface area contributed by atoms with Gasteiger partial charge in [-0.3, -0.25) is 0 Å². The first-order chi connectivity index (χ1) is 9.15. The number of benzene rings is 2. The minimum atomic E-state index is 0.657. The number of nitrogens with one attached hydrogen (secondary N) is 1. The number of rotatable bonds is 2. The first-order valence-electron chi connectivity index (χ1n) is 5.41. The standard InChI is InChI=1S/C13H7BrCl2N2S/c14-11-7(15)3-1-5-9(11)17-13-18-10-6-2-4-8(16)12(10)19-13/h1-6H,(H,17,18). The molecule has 0 fully saturated rings. The second-order valence-corrected chi connectivity index (χ2v) is 6.44. The number of anilines is 2. The van der Waals surface area contributed by atoms with Crippen LogP contribution in [0.25, 0.3) is 10.2 Å². The summed E-state index contributed by atoms with van der Waals surface area (Å²) < 4.78 is 1.80. The Morgan fingerprint density at radius 3 is 2.58 bits per heavy atom. The monoisotopic (exact) mass is 372 g/mol. The third kappa shape index (κ3) is 2.58. The summed E-state index contributed by atoms with van der Waals surface area (Å²) in [6, 6.07) is 11.3. The van der Waals surface area contributed by atoms with Gasteiger partial charge in [0.15, 0.2) is 5.13 Å². The Morgan fingerprint density at radius 1 is 1.05 bits per heavy atom. The lowest BCUT2D eigenvalue weighted by atomic mass is 10.3. The molecule has 0 bridgehead atoms. The van der Waals surface area contributed by atoms with E-state index in [4.69, 9.17) is 23.2 Å². The molecule has 0 unspecified atom stereocenters. The van der Waals surface area contributed by atoms with Gasteiger partial charge in [0.25, 0.3) is 0 Å². The van der Waals surface area contributed by atoms with Gasteiger partial charge in [-0.05, 0) is 40.2 Å². The molecule has 1 aromatic heterocycles. The summed E-state index contributed by atoms with van der Waals surface area (Å²) in [4.78, 5) is 4.50. The van der Waals surface area contributed by atoms with Crippen molar-refractivity contribution < 1.29 is 0 Å². The highest BCUT2D eigenvalue weighted by molar-refractivity contribution is 9.10. The molecule has 0 saturated carbocycles. The summed E-state index contributed by atoms with van der Waals surface area (Å²) in [6.45, 7) is 0. The number of aromatic nitrogens is 1. The summed E-state index contributed by atoms with van der Waals surface area (Å²) in [7, 11) is 0. The van der Waals surface area contributed by atoms with Gasteiger partial charge in [-0.15, -0.1) is 0 Å². The van der Waals surface area contributed by atoms with Crippen LogP contribution in [0.3, 0.4) is 0 Å². The molecule has 0 aliphatic carbocycles. The van der Waals surface area contributed by atoms with Crippen LogP contribution in [0.2, 0.25) is 10.0 Å². The van der Waals surface area contributed by atoms with Crippen molar-refractivity contribution in [2.45, 2.75) is 0 Å². The molecule has 96 valence electrons. The van der Waals surface area contributed by atoms with Gasteiger partial charge in [-0.1, -0.05) is 46.7 Å². The van der Waals surface area contributed by atoms with Gasteiger partial charge in [-0.25, -0.2) is 4.98 Å². The predicted molar refractivity (Wildman–Crippen MR) is 87.1 cm³/mol. The quantitative estimate of drug-likeness (QED) is 0.586. The largest absolute Gasteiger partial charge is 0.331 e. The van der Waals surface area contributed by atoms with E-state index in [0.717, 1.165) is 25.5 Å². The average molecular weight is 374 g/mol. The van der Waals surface area contributed by atoms with E-state index < -0.39 is 0 Å². The van der Waals surface area contributed by atoms with E-state index in [1.807, 2.05) is 36.4 Å². The van der Waals surface area contributed by atoms with Crippen LogP contribution < -0.4 is 5.32 Å². The Hall–Kier alpha value is -0.810. The van der Waals surface area contributed by atoms with Crippen molar-refractivity contribution in [2.75, 3.05) is 5.32 Å². The van der Waals surface area contributed by atoms with Crippen molar-refractivity contribution in [2.24, 2.45) is 0 Å². The third-order valence-corrected chi connectivity index (χ3v) is 5.40. The van der Waals surface area contributed by atoms with Crippen molar-refractivity contribution in [3.05, 3.63) is 50.9 Å². The predicted octanol–water partition coefficient (Wildman–Crippen LogP) is 6.11. The molecule has 0 spiro atoms. The van der Waals surface area contributed by atoms with Crippen LogP contribution >= 0.6 is 50.5 Å². The summed E-state index contributed by atoms with van der Waals surface area (Å²) in [6.07, 6.45) is 0. The second kappa shape index (κ2) is 5.29. The fourth-order valence-corrected chi connectivity index (χ4v) is 3.39. The number of thiazole rings is 1. The molecule has 19 heavy (non-hydrogen) atoms. The lowest BCUT2D eigenvalue weighted by Crippen LogP contribution is -1.90. The zero-order chi connectivity index (χ0) is 13.4. The Labute approximate surface area is 132 Å². The first-order valence-corrected chi connectivity index (χ1v) is 7.78. The number of nitrogens with zero attached hydrogens (tertiary/aromatic N) is 1. The first kappa shape index (κ1) is 13.2. The minimum Gasteiger partial charge on any atom is -0.331 e. The van der Waals surface area contributed by atoms with E-state index in [1.165, 1.54) is 11.3 Å². The Morgan fingerprint density at radius 2 is 1.79 bits per heavy atom. The Bertz CT molecular complexity index is 757. The van der Waals surface area contributed by atoms with E-state index in [2.05, 4.69) is 26.2 Å². The fraction of sp³-hybridized carbons (Fsp3) is 0. The summed E-state index contributed by atoms with van der Waals surface area (Å²) in [5, 5.41) is 5.40. The molecule has 0 saturated heterocycles. The molecule has 3 aromatic rings. The van der Waals surface area contributed by atoms with Gasteiger partial charge >= 0.3 is 0 Å². The summed E-state index contributed by atoms with van der Waals surface area (Å²) in [5.41, 5.74) is 1.76. The maximum atomic E-state index is 6.14. The van der Waals surface area contributed by atoms with Crippen molar-refractivity contribution in [3.8, 4) is 0 Å². The highest BCUT2D eigenvalue weighted by Crippen LogP contribution is 2.36. The molecule has 2 nitrogen and oxygen atoms in total. The van der Waals surface area contributed by atoms with Crippen LogP contribution in [-0.2, 0) is 0 Å². The molecule has 0 amide bonds. The zero-order valence-electron chi connectivity index (χ0n) is 9.45. The molecule has 0 radical (unpaired) electrons. The third-order valence-electron chi connectivity index (χ3n) is 2.56. The van der Waals surface area contributed by atoms with Gasteiger partial charge in [0.1, 0.15) is 0 Å². The topological polar surface area (TPSA) is 24.9 Å². The molecule has 0 atom stereocenters. The molecule has 0 aliphatic heterocycles. The van der Waals surface area contributed by atoms with E-state index >= 15 is 0 Å². The number of halogens is 3. The van der Waals surface area contributed by atoms with E-state index in [9.17, 15) is 0 Å². The van der Waals surface area contributed by atoms with Crippen molar-refractivity contribution >= 4 is 71.5 Å². The molecule has 3 rings (SSSR count). The molecule has 1 heterocycles. The summed E-state index contributed by atoms with van der Waals surface area (Å²) in [5.74, 6) is 0. The van der Waals surface area contributed by atoms with Crippen LogP contribution in [-0.4, -0.2) is 4.98 Å². The van der Waals surface area contributed by atoms with Gasteiger partial charge in [-0.2, -0.15) is 0 Å². The zero-order valence-corrected chi connectivity index (χ0v) is 13.4. The lowest BCUT2D eigenvalue weighted by molar-refractivity contribution is 1.43.